The number of benzene rings is 1. The number of urea groups is 1. The van der Waals surface area contributed by atoms with Crippen LogP contribution in [0.5, 0.6) is 5.75 Å². The van der Waals surface area contributed by atoms with Crippen molar-refractivity contribution in [2.45, 2.75) is 25.9 Å². The van der Waals surface area contributed by atoms with Gasteiger partial charge in [0, 0.05) is 13.1 Å². The fourth-order valence-electron chi connectivity index (χ4n) is 2.03. The maximum absolute atomic E-state index is 12.0. The fourth-order valence-corrected chi connectivity index (χ4v) is 2.03. The lowest BCUT2D eigenvalue weighted by molar-refractivity contribution is 0.176. The first-order chi connectivity index (χ1) is 9.20. The van der Waals surface area contributed by atoms with Gasteiger partial charge in [-0.2, -0.15) is 0 Å². The number of amides is 2. The standard InChI is InChI=1S/C14H20N2O3/c1-2-9-19-13-6-4-3-5-12(13)15-14(18)16-8-7-11(17)10-16/h3-6,11,17H,2,7-10H2,1H3,(H,15,18)/t11-/m1/s1. The van der Waals surface area contributed by atoms with E-state index in [1.807, 2.05) is 31.2 Å². The van der Waals surface area contributed by atoms with Crippen molar-refractivity contribution in [3.63, 3.8) is 0 Å². The van der Waals surface area contributed by atoms with Crippen molar-refractivity contribution >= 4 is 11.7 Å². The summed E-state index contributed by atoms with van der Waals surface area (Å²) in [5, 5.41) is 12.3. The van der Waals surface area contributed by atoms with Gasteiger partial charge in [-0.1, -0.05) is 19.1 Å². The van der Waals surface area contributed by atoms with Gasteiger partial charge in [0.1, 0.15) is 5.75 Å². The van der Waals surface area contributed by atoms with Gasteiger partial charge in [-0.05, 0) is 25.0 Å². The van der Waals surface area contributed by atoms with E-state index < -0.39 is 6.10 Å². The number of aliphatic hydroxyl groups is 1. The first-order valence-electron chi connectivity index (χ1n) is 6.66. The molecule has 0 radical (unpaired) electrons. The van der Waals surface area contributed by atoms with Crippen LogP contribution in [0.3, 0.4) is 0 Å². The summed E-state index contributed by atoms with van der Waals surface area (Å²) in [6, 6.07) is 7.19. The second kappa shape index (κ2) is 6.43. The predicted octanol–water partition coefficient (Wildman–Crippen LogP) is 2.07. The van der Waals surface area contributed by atoms with Crippen LogP contribution in [0, 0.1) is 0 Å². The summed E-state index contributed by atoms with van der Waals surface area (Å²) in [5.74, 6) is 0.678. The Hall–Kier alpha value is -1.75. The molecule has 1 aliphatic heterocycles. The highest BCUT2D eigenvalue weighted by atomic mass is 16.5. The predicted molar refractivity (Wildman–Crippen MR) is 73.4 cm³/mol. The van der Waals surface area contributed by atoms with Crippen LogP contribution in [0.25, 0.3) is 0 Å². The van der Waals surface area contributed by atoms with Gasteiger partial charge in [-0.3, -0.25) is 0 Å². The highest BCUT2D eigenvalue weighted by Gasteiger charge is 2.24. The average Bonchev–Trinajstić information content (AvgIpc) is 2.84. The smallest absolute Gasteiger partial charge is 0.322 e. The van der Waals surface area contributed by atoms with Gasteiger partial charge in [0.05, 0.1) is 18.4 Å². The lowest BCUT2D eigenvalue weighted by Crippen LogP contribution is -2.33. The molecule has 2 rings (SSSR count). The Morgan fingerprint density at radius 2 is 2.32 bits per heavy atom. The third-order valence-corrected chi connectivity index (χ3v) is 3.04. The van der Waals surface area contributed by atoms with Crippen molar-refractivity contribution in [1.29, 1.82) is 0 Å². The Bertz CT molecular complexity index is 436. The number of β-amino-alcohol motifs (C(OH)–C–C–N with tert-alkyl or cyclic N) is 1. The number of anilines is 1. The molecule has 5 nitrogen and oxygen atoms in total. The van der Waals surface area contributed by atoms with Crippen LogP contribution in [0.15, 0.2) is 24.3 Å². The van der Waals surface area contributed by atoms with E-state index in [0.29, 0.717) is 37.6 Å². The molecule has 2 amide bonds. The first kappa shape index (κ1) is 13.7. The molecule has 104 valence electrons. The molecule has 19 heavy (non-hydrogen) atoms. The molecule has 1 aromatic carbocycles. The van der Waals surface area contributed by atoms with E-state index in [1.54, 1.807) is 4.90 Å². The van der Waals surface area contributed by atoms with Gasteiger partial charge < -0.3 is 20.1 Å². The van der Waals surface area contributed by atoms with E-state index in [9.17, 15) is 9.90 Å². The molecule has 5 heteroatoms. The van der Waals surface area contributed by atoms with Gasteiger partial charge in [0.2, 0.25) is 0 Å². The molecule has 0 spiro atoms. The Balaban J connectivity index is 2.00. The summed E-state index contributed by atoms with van der Waals surface area (Å²) < 4.78 is 5.59. The maximum atomic E-state index is 12.0. The van der Waals surface area contributed by atoms with E-state index in [1.165, 1.54) is 0 Å². The van der Waals surface area contributed by atoms with E-state index >= 15 is 0 Å². The topological polar surface area (TPSA) is 61.8 Å². The summed E-state index contributed by atoms with van der Waals surface area (Å²) in [6.45, 7) is 3.64. The summed E-state index contributed by atoms with van der Waals surface area (Å²) in [7, 11) is 0. The van der Waals surface area contributed by atoms with Gasteiger partial charge in [0.15, 0.2) is 0 Å². The third kappa shape index (κ3) is 3.61. The maximum Gasteiger partial charge on any atom is 0.322 e. The molecular weight excluding hydrogens is 244 g/mol. The van der Waals surface area contributed by atoms with Crippen LogP contribution in [0.4, 0.5) is 10.5 Å². The number of aliphatic hydroxyl groups excluding tert-OH is 1. The number of likely N-dealkylation sites (tertiary alicyclic amines) is 1. The molecule has 1 aromatic rings. The van der Waals surface area contributed by atoms with Crippen LogP contribution in [0.1, 0.15) is 19.8 Å². The van der Waals surface area contributed by atoms with Crippen LogP contribution in [0.2, 0.25) is 0 Å². The Kier molecular flexibility index (Phi) is 4.63. The van der Waals surface area contributed by atoms with Crippen LogP contribution < -0.4 is 10.1 Å². The van der Waals surface area contributed by atoms with E-state index in [-0.39, 0.29) is 6.03 Å². The SMILES string of the molecule is CCCOc1ccccc1NC(=O)N1CC[C@@H](O)C1. The highest BCUT2D eigenvalue weighted by Crippen LogP contribution is 2.24. The zero-order valence-corrected chi connectivity index (χ0v) is 11.1. The molecule has 1 atom stereocenters. The number of para-hydroxylation sites is 2. The largest absolute Gasteiger partial charge is 0.491 e. The van der Waals surface area contributed by atoms with Crippen molar-refractivity contribution in [1.82, 2.24) is 4.90 Å². The molecule has 2 N–H and O–H groups in total. The van der Waals surface area contributed by atoms with E-state index in [0.717, 1.165) is 6.42 Å². The zero-order valence-electron chi connectivity index (χ0n) is 11.1. The number of nitrogens with zero attached hydrogens (tertiary/aromatic N) is 1. The fraction of sp³-hybridized carbons (Fsp3) is 0.500. The molecule has 0 saturated carbocycles. The molecule has 0 bridgehead atoms. The Labute approximate surface area is 113 Å². The average molecular weight is 264 g/mol. The molecule has 0 aromatic heterocycles. The van der Waals surface area contributed by atoms with Gasteiger partial charge in [-0.15, -0.1) is 0 Å². The summed E-state index contributed by atoms with van der Waals surface area (Å²) in [5.41, 5.74) is 0.669. The number of ether oxygens (including phenoxy) is 1. The van der Waals surface area contributed by atoms with Crippen LogP contribution >= 0.6 is 0 Å². The van der Waals surface area contributed by atoms with Crippen molar-refractivity contribution in [3.05, 3.63) is 24.3 Å². The lowest BCUT2D eigenvalue weighted by atomic mass is 10.3. The van der Waals surface area contributed by atoms with Gasteiger partial charge in [-0.25, -0.2) is 4.79 Å². The normalized spacial score (nSPS) is 18.4. The number of rotatable bonds is 4. The Morgan fingerprint density at radius 1 is 1.53 bits per heavy atom. The van der Waals surface area contributed by atoms with Crippen molar-refractivity contribution in [2.24, 2.45) is 0 Å². The highest BCUT2D eigenvalue weighted by molar-refractivity contribution is 5.91. The minimum absolute atomic E-state index is 0.191. The number of nitrogens with one attached hydrogen (secondary N) is 1. The molecule has 0 unspecified atom stereocenters. The number of hydrogen-bond donors (Lipinski definition) is 2. The quantitative estimate of drug-likeness (QED) is 0.875. The van der Waals surface area contributed by atoms with E-state index in [4.69, 9.17) is 4.74 Å². The molecule has 0 aliphatic carbocycles. The second-order valence-corrected chi connectivity index (χ2v) is 4.66. The van der Waals surface area contributed by atoms with Gasteiger partial charge in [0.25, 0.3) is 0 Å². The number of carbonyl (C=O) groups is 1. The van der Waals surface area contributed by atoms with Crippen molar-refractivity contribution in [2.75, 3.05) is 25.0 Å². The van der Waals surface area contributed by atoms with E-state index in [2.05, 4.69) is 5.32 Å². The summed E-state index contributed by atoms with van der Waals surface area (Å²) in [4.78, 5) is 13.6. The minimum Gasteiger partial charge on any atom is -0.491 e. The monoisotopic (exact) mass is 264 g/mol. The molecule has 1 fully saturated rings. The molecule has 1 saturated heterocycles. The third-order valence-electron chi connectivity index (χ3n) is 3.04. The molecule has 1 aliphatic rings. The zero-order chi connectivity index (χ0) is 13.7. The van der Waals surface area contributed by atoms with Crippen LogP contribution in [-0.2, 0) is 0 Å². The second-order valence-electron chi connectivity index (χ2n) is 4.66. The van der Waals surface area contributed by atoms with Crippen molar-refractivity contribution < 1.29 is 14.6 Å². The number of hydrogen-bond acceptors (Lipinski definition) is 3. The number of carbonyl (C=O) groups excluding carboxylic acids is 1. The lowest BCUT2D eigenvalue weighted by Gasteiger charge is -2.18. The van der Waals surface area contributed by atoms with Crippen LogP contribution in [-0.4, -0.2) is 41.8 Å². The summed E-state index contributed by atoms with van der Waals surface area (Å²) in [6.07, 6.45) is 1.15. The minimum atomic E-state index is -0.405. The van der Waals surface area contributed by atoms with Gasteiger partial charge >= 0.3 is 6.03 Å². The molecular formula is C14H20N2O3. The molecule has 1 heterocycles. The Morgan fingerprint density at radius 3 is 3.00 bits per heavy atom. The van der Waals surface area contributed by atoms with Crippen molar-refractivity contribution in [3.8, 4) is 5.75 Å². The first-order valence-corrected chi connectivity index (χ1v) is 6.66. The summed E-state index contributed by atoms with van der Waals surface area (Å²) >= 11 is 0.